The molecule has 0 aromatic heterocycles. The zero-order chi connectivity index (χ0) is 19.4. The van der Waals surface area contributed by atoms with Crippen LogP contribution in [-0.4, -0.2) is 51.4 Å². The van der Waals surface area contributed by atoms with E-state index in [1.165, 1.54) is 19.2 Å². The molecule has 3 amide bonds. The minimum atomic E-state index is -3.52. The average Bonchev–Trinajstić information content (AvgIpc) is 3.50. The molecule has 3 rings (SSSR count). The molecule has 0 spiro atoms. The minimum Gasteiger partial charge on any atom is -0.353 e. The number of urea groups is 1. The lowest BCUT2D eigenvalue weighted by Crippen LogP contribution is -2.49. The van der Waals surface area contributed by atoms with Crippen LogP contribution in [0.4, 0.5) is 4.79 Å². The van der Waals surface area contributed by atoms with Gasteiger partial charge in [-0.1, -0.05) is 12.1 Å². The Morgan fingerprint density at radius 3 is 2.70 bits per heavy atom. The number of sulfonamides is 1. The molecule has 1 aliphatic heterocycles. The monoisotopic (exact) mass is 394 g/mol. The zero-order valence-corrected chi connectivity index (χ0v) is 16.2. The molecule has 1 saturated carbocycles. The summed E-state index contributed by atoms with van der Waals surface area (Å²) in [5.41, 5.74) is 0.694. The quantitative estimate of drug-likeness (QED) is 0.663. The largest absolute Gasteiger partial charge is 0.353 e. The molecule has 1 unspecified atom stereocenters. The second-order valence-electron chi connectivity index (χ2n) is 7.08. The van der Waals surface area contributed by atoms with Gasteiger partial charge in [-0.3, -0.25) is 4.79 Å². The first kappa shape index (κ1) is 19.6. The van der Waals surface area contributed by atoms with Crippen LogP contribution in [0.15, 0.2) is 29.2 Å². The molecule has 3 N–H and O–H groups in total. The number of amides is 3. The molecule has 1 aromatic rings. The number of hydrogen-bond acceptors (Lipinski definition) is 4. The molecular formula is C18H26N4O4S. The standard InChI is InChI=1S/C18H26N4O4S/c1-19-27(25,26)16-6-2-4-13(10-16)11-20-18(24)22-9-3-5-14(12-22)17(23)21-15-7-8-15/h2,4,6,10,14-15,19H,3,5,7-9,11-12H2,1H3,(H,20,24)(H,21,23). The molecule has 0 bridgehead atoms. The van der Waals surface area contributed by atoms with Crippen molar-refractivity contribution in [2.45, 2.75) is 43.2 Å². The Kier molecular flexibility index (Phi) is 6.01. The number of rotatable bonds is 6. The molecular weight excluding hydrogens is 368 g/mol. The highest BCUT2D eigenvalue weighted by molar-refractivity contribution is 7.89. The average molecular weight is 394 g/mol. The van der Waals surface area contributed by atoms with Gasteiger partial charge in [-0.05, 0) is 50.4 Å². The fourth-order valence-electron chi connectivity index (χ4n) is 3.15. The predicted molar refractivity (Wildman–Crippen MR) is 100 cm³/mol. The first-order valence-electron chi connectivity index (χ1n) is 9.24. The smallest absolute Gasteiger partial charge is 0.317 e. The van der Waals surface area contributed by atoms with E-state index in [-0.39, 0.29) is 29.3 Å². The van der Waals surface area contributed by atoms with Crippen LogP contribution in [0, 0.1) is 5.92 Å². The van der Waals surface area contributed by atoms with Gasteiger partial charge in [0.1, 0.15) is 0 Å². The topological polar surface area (TPSA) is 108 Å². The molecule has 27 heavy (non-hydrogen) atoms. The molecule has 2 fully saturated rings. The van der Waals surface area contributed by atoms with Crippen LogP contribution in [0.3, 0.4) is 0 Å². The highest BCUT2D eigenvalue weighted by Gasteiger charge is 2.31. The number of piperidine rings is 1. The first-order chi connectivity index (χ1) is 12.9. The summed E-state index contributed by atoms with van der Waals surface area (Å²) in [6, 6.07) is 6.53. The summed E-state index contributed by atoms with van der Waals surface area (Å²) in [6.07, 6.45) is 3.69. The number of carbonyl (C=O) groups excluding carboxylic acids is 2. The van der Waals surface area contributed by atoms with Gasteiger partial charge in [0.25, 0.3) is 0 Å². The molecule has 1 atom stereocenters. The number of nitrogens with zero attached hydrogens (tertiary/aromatic N) is 1. The molecule has 0 radical (unpaired) electrons. The summed E-state index contributed by atoms with van der Waals surface area (Å²) in [6.45, 7) is 1.26. The summed E-state index contributed by atoms with van der Waals surface area (Å²) >= 11 is 0. The molecule has 9 heteroatoms. The van der Waals surface area contributed by atoms with Crippen molar-refractivity contribution in [2.24, 2.45) is 5.92 Å². The van der Waals surface area contributed by atoms with E-state index in [1.807, 2.05) is 0 Å². The first-order valence-corrected chi connectivity index (χ1v) is 10.7. The van der Waals surface area contributed by atoms with Gasteiger partial charge in [0.05, 0.1) is 10.8 Å². The summed E-state index contributed by atoms with van der Waals surface area (Å²) < 4.78 is 26.0. The van der Waals surface area contributed by atoms with Crippen molar-refractivity contribution in [1.29, 1.82) is 0 Å². The van der Waals surface area contributed by atoms with Crippen molar-refractivity contribution in [3.05, 3.63) is 29.8 Å². The summed E-state index contributed by atoms with van der Waals surface area (Å²) in [5, 5.41) is 5.82. The van der Waals surface area contributed by atoms with Crippen molar-refractivity contribution in [3.63, 3.8) is 0 Å². The lowest BCUT2D eigenvalue weighted by atomic mass is 9.97. The molecule has 1 saturated heterocycles. The summed E-state index contributed by atoms with van der Waals surface area (Å²) in [4.78, 5) is 26.5. The third-order valence-corrected chi connectivity index (χ3v) is 6.34. The van der Waals surface area contributed by atoms with E-state index in [0.717, 1.165) is 25.7 Å². The molecule has 1 heterocycles. The van der Waals surface area contributed by atoms with Crippen LogP contribution in [-0.2, 0) is 21.4 Å². The maximum Gasteiger partial charge on any atom is 0.317 e. The maximum atomic E-state index is 12.5. The minimum absolute atomic E-state index is 0.0416. The molecule has 1 aromatic carbocycles. The normalized spacial score (nSPS) is 20.2. The van der Waals surface area contributed by atoms with Gasteiger partial charge in [-0.25, -0.2) is 17.9 Å². The lowest BCUT2D eigenvalue weighted by molar-refractivity contribution is -0.126. The molecule has 1 aliphatic carbocycles. The summed E-state index contributed by atoms with van der Waals surface area (Å²) in [7, 11) is -2.16. The Bertz CT molecular complexity index is 807. The third kappa shape index (κ3) is 5.20. The van der Waals surface area contributed by atoms with Crippen LogP contribution < -0.4 is 15.4 Å². The van der Waals surface area contributed by atoms with E-state index >= 15 is 0 Å². The fourth-order valence-corrected chi connectivity index (χ4v) is 3.95. The van der Waals surface area contributed by atoms with Crippen molar-refractivity contribution >= 4 is 22.0 Å². The van der Waals surface area contributed by atoms with Crippen LogP contribution in [0.2, 0.25) is 0 Å². The summed E-state index contributed by atoms with van der Waals surface area (Å²) in [5.74, 6) is -0.117. The van der Waals surface area contributed by atoms with Gasteiger partial charge < -0.3 is 15.5 Å². The van der Waals surface area contributed by atoms with Gasteiger partial charge in [-0.2, -0.15) is 0 Å². The Hall–Kier alpha value is -2.13. The Balaban J connectivity index is 1.54. The van der Waals surface area contributed by atoms with Gasteiger partial charge in [-0.15, -0.1) is 0 Å². The van der Waals surface area contributed by atoms with Crippen molar-refractivity contribution < 1.29 is 18.0 Å². The van der Waals surface area contributed by atoms with E-state index in [2.05, 4.69) is 15.4 Å². The van der Waals surface area contributed by atoms with Crippen LogP contribution in [0.25, 0.3) is 0 Å². The van der Waals surface area contributed by atoms with Gasteiger partial charge in [0.15, 0.2) is 0 Å². The fraction of sp³-hybridized carbons (Fsp3) is 0.556. The second kappa shape index (κ2) is 8.26. The van der Waals surface area contributed by atoms with E-state index in [1.54, 1.807) is 17.0 Å². The Morgan fingerprint density at radius 1 is 1.22 bits per heavy atom. The third-order valence-electron chi connectivity index (χ3n) is 4.92. The molecule has 8 nitrogen and oxygen atoms in total. The Morgan fingerprint density at radius 2 is 2.00 bits per heavy atom. The molecule has 148 valence electrons. The van der Waals surface area contributed by atoms with E-state index < -0.39 is 10.0 Å². The maximum absolute atomic E-state index is 12.5. The van der Waals surface area contributed by atoms with Crippen molar-refractivity contribution in [1.82, 2.24) is 20.3 Å². The van der Waals surface area contributed by atoms with Crippen LogP contribution in [0.1, 0.15) is 31.2 Å². The van der Waals surface area contributed by atoms with E-state index in [9.17, 15) is 18.0 Å². The number of carbonyl (C=O) groups is 2. The zero-order valence-electron chi connectivity index (χ0n) is 15.4. The number of likely N-dealkylation sites (tertiary alicyclic amines) is 1. The van der Waals surface area contributed by atoms with Gasteiger partial charge in [0, 0.05) is 25.7 Å². The second-order valence-corrected chi connectivity index (χ2v) is 8.97. The van der Waals surface area contributed by atoms with E-state index in [0.29, 0.717) is 24.7 Å². The lowest BCUT2D eigenvalue weighted by Gasteiger charge is -2.32. The number of hydrogen-bond donors (Lipinski definition) is 3. The van der Waals surface area contributed by atoms with Crippen LogP contribution in [0.5, 0.6) is 0 Å². The van der Waals surface area contributed by atoms with Crippen LogP contribution >= 0.6 is 0 Å². The molecule has 2 aliphatic rings. The van der Waals surface area contributed by atoms with Gasteiger partial charge >= 0.3 is 6.03 Å². The highest BCUT2D eigenvalue weighted by atomic mass is 32.2. The number of nitrogens with one attached hydrogen (secondary N) is 3. The highest BCUT2D eigenvalue weighted by Crippen LogP contribution is 2.22. The SMILES string of the molecule is CNS(=O)(=O)c1cccc(CNC(=O)N2CCCC(C(=O)NC3CC3)C2)c1. The van der Waals surface area contributed by atoms with Crippen molar-refractivity contribution in [2.75, 3.05) is 20.1 Å². The van der Waals surface area contributed by atoms with Crippen molar-refractivity contribution in [3.8, 4) is 0 Å². The predicted octanol–water partition coefficient (Wildman–Crippen LogP) is 0.795. The van der Waals surface area contributed by atoms with Gasteiger partial charge in [0.2, 0.25) is 15.9 Å². The van der Waals surface area contributed by atoms with E-state index in [4.69, 9.17) is 0 Å². The number of benzene rings is 1. The Labute approximate surface area is 159 Å².